The summed E-state index contributed by atoms with van der Waals surface area (Å²) in [6.45, 7) is 0.181. The molecule has 0 bridgehead atoms. The van der Waals surface area contributed by atoms with Gasteiger partial charge in [0.2, 0.25) is 6.23 Å². The number of hydrogen-bond acceptors (Lipinski definition) is 7. The van der Waals surface area contributed by atoms with Crippen LogP contribution in [-0.2, 0) is 25.6 Å². The molecule has 3 aromatic carbocycles. The van der Waals surface area contributed by atoms with Crippen LogP contribution in [0, 0.1) is 0 Å². The Morgan fingerprint density at radius 1 is 1.06 bits per heavy atom. The smallest absolute Gasteiger partial charge is 0.339 e. The van der Waals surface area contributed by atoms with Crippen LogP contribution in [0.25, 0.3) is 11.1 Å². The molecule has 1 atom stereocenters. The molecule has 2 aliphatic heterocycles. The maximum absolute atomic E-state index is 12.9. The fraction of sp³-hybridized carbons (Fsp3) is 0.167. The summed E-state index contributed by atoms with van der Waals surface area (Å²) in [6, 6.07) is 14.4. The number of benzene rings is 3. The van der Waals surface area contributed by atoms with Gasteiger partial charge < -0.3 is 4.90 Å². The van der Waals surface area contributed by atoms with E-state index in [4.69, 9.17) is 16.4 Å². The summed E-state index contributed by atoms with van der Waals surface area (Å²) >= 11 is 6.46. The van der Waals surface area contributed by atoms with Gasteiger partial charge in [-0.1, -0.05) is 29.8 Å². The number of carbonyl (C=O) groups is 1. The average Bonchev–Trinajstić information content (AvgIpc) is 3.32. The minimum absolute atomic E-state index is 0.0791. The number of anilines is 2. The van der Waals surface area contributed by atoms with Crippen molar-refractivity contribution >= 4 is 44.9 Å². The first-order chi connectivity index (χ1) is 17.1. The van der Waals surface area contributed by atoms with E-state index in [-0.39, 0.29) is 17.2 Å². The molecule has 186 valence electrons. The zero-order chi connectivity index (χ0) is 25.7. The summed E-state index contributed by atoms with van der Waals surface area (Å²) in [5.74, 6) is 0.144. The molecule has 0 amide bonds. The number of hydrogen-bond donors (Lipinski definition) is 1. The predicted octanol–water partition coefficient (Wildman–Crippen LogP) is 4.76. The second-order valence-corrected chi connectivity index (χ2v) is 10.6. The number of halogens is 4. The summed E-state index contributed by atoms with van der Waals surface area (Å²) in [4.78, 5) is 21.8. The molecule has 5 rings (SSSR count). The molecule has 2 heterocycles. The highest BCUT2D eigenvalue weighted by molar-refractivity contribution is 7.91. The Kier molecular flexibility index (Phi) is 6.01. The van der Waals surface area contributed by atoms with Gasteiger partial charge in [0, 0.05) is 17.8 Å². The third kappa shape index (κ3) is 4.45. The Morgan fingerprint density at radius 3 is 2.42 bits per heavy atom. The van der Waals surface area contributed by atoms with Crippen LogP contribution in [0.2, 0.25) is 5.02 Å². The predicted molar refractivity (Wildman–Crippen MR) is 128 cm³/mol. The van der Waals surface area contributed by atoms with E-state index in [1.54, 1.807) is 35.2 Å². The first kappa shape index (κ1) is 24.3. The van der Waals surface area contributed by atoms with Gasteiger partial charge in [-0.25, -0.2) is 23.7 Å². The van der Waals surface area contributed by atoms with E-state index in [0.717, 1.165) is 12.1 Å². The van der Waals surface area contributed by atoms with Crippen LogP contribution in [0.4, 0.5) is 24.5 Å². The molecule has 1 N–H and O–H groups in total. The van der Waals surface area contributed by atoms with Crippen LogP contribution in [0.1, 0.15) is 11.1 Å². The molecular weight excluding hydrogens is 519 g/mol. The Bertz CT molecular complexity index is 1490. The van der Waals surface area contributed by atoms with Crippen molar-refractivity contribution < 1.29 is 31.2 Å². The van der Waals surface area contributed by atoms with Crippen molar-refractivity contribution in [1.29, 1.82) is 0 Å². The third-order valence-corrected chi connectivity index (χ3v) is 7.91. The largest absolute Gasteiger partial charge is 0.416 e. The minimum Gasteiger partial charge on any atom is -0.339 e. The standard InChI is InChI=1S/C24H17ClF3N3O4S/c25-19-12-17(6-7-18(19)23-29-22(13-32)35-30-23)31-9-10-36(33,34)21-11-15(3-8-20(21)31)14-1-4-16(5-2-14)24(26,27)28/h1-8,11-13,22H,9-10H2,(H,29,30). The highest BCUT2D eigenvalue weighted by Crippen LogP contribution is 2.40. The average molecular weight is 536 g/mol. The first-order valence-corrected chi connectivity index (χ1v) is 12.7. The molecule has 3 aromatic rings. The molecule has 0 spiro atoms. The van der Waals surface area contributed by atoms with Crippen LogP contribution in [0.5, 0.6) is 0 Å². The lowest BCUT2D eigenvalue weighted by molar-refractivity contribution is -0.137. The maximum atomic E-state index is 12.9. The van der Waals surface area contributed by atoms with Crippen molar-refractivity contribution in [1.82, 2.24) is 5.48 Å². The number of amidine groups is 1. The van der Waals surface area contributed by atoms with Crippen molar-refractivity contribution in [2.45, 2.75) is 17.3 Å². The first-order valence-electron chi connectivity index (χ1n) is 10.6. The number of aliphatic imine (C=N–C) groups is 1. The molecule has 12 heteroatoms. The van der Waals surface area contributed by atoms with Crippen molar-refractivity contribution in [3.05, 3.63) is 76.8 Å². The second-order valence-electron chi connectivity index (χ2n) is 8.12. The second kappa shape index (κ2) is 8.91. The monoisotopic (exact) mass is 535 g/mol. The Hall–Kier alpha value is -3.41. The van der Waals surface area contributed by atoms with Crippen LogP contribution < -0.4 is 10.4 Å². The number of hydroxylamine groups is 1. The van der Waals surface area contributed by atoms with E-state index in [2.05, 4.69) is 10.5 Å². The van der Waals surface area contributed by atoms with E-state index in [0.29, 0.717) is 45.2 Å². The number of carbonyl (C=O) groups excluding carboxylic acids is 1. The summed E-state index contributed by atoms with van der Waals surface area (Å²) in [7, 11) is -3.62. The number of nitrogens with zero attached hydrogens (tertiary/aromatic N) is 2. The zero-order valence-electron chi connectivity index (χ0n) is 18.3. The van der Waals surface area contributed by atoms with Crippen molar-refractivity contribution in [2.24, 2.45) is 4.99 Å². The van der Waals surface area contributed by atoms with Gasteiger partial charge in [-0.15, -0.1) is 0 Å². The SMILES string of the molecule is O=CC1N=C(c2ccc(N3CCS(=O)(=O)c4cc(-c5ccc(C(F)(F)F)cc5)ccc43)cc2Cl)NO1. The van der Waals surface area contributed by atoms with Crippen molar-refractivity contribution in [3.63, 3.8) is 0 Å². The fourth-order valence-electron chi connectivity index (χ4n) is 4.07. The molecule has 0 radical (unpaired) electrons. The number of rotatable bonds is 4. The van der Waals surface area contributed by atoms with Gasteiger partial charge in [-0.3, -0.25) is 4.79 Å². The number of nitrogens with one attached hydrogen (secondary N) is 1. The van der Waals surface area contributed by atoms with Crippen molar-refractivity contribution in [3.8, 4) is 11.1 Å². The molecule has 0 saturated heterocycles. The molecule has 1 unspecified atom stereocenters. The number of fused-ring (bicyclic) bond motifs is 1. The van der Waals surface area contributed by atoms with Crippen molar-refractivity contribution in [2.75, 3.05) is 17.2 Å². The number of alkyl halides is 3. The van der Waals surface area contributed by atoms with Crippen LogP contribution >= 0.6 is 11.6 Å². The number of aldehydes is 1. The molecule has 36 heavy (non-hydrogen) atoms. The summed E-state index contributed by atoms with van der Waals surface area (Å²) in [5.41, 5.74) is 4.29. The third-order valence-electron chi connectivity index (χ3n) is 5.88. The molecule has 0 saturated carbocycles. The molecule has 0 aromatic heterocycles. The van der Waals surface area contributed by atoms with Gasteiger partial charge in [0.15, 0.2) is 22.0 Å². The lowest BCUT2D eigenvalue weighted by atomic mass is 10.0. The van der Waals surface area contributed by atoms with Crippen LogP contribution in [-0.4, -0.2) is 39.1 Å². The number of sulfone groups is 1. The topological polar surface area (TPSA) is 88.1 Å². The van der Waals surface area contributed by atoms with E-state index in [1.807, 2.05) is 0 Å². The summed E-state index contributed by atoms with van der Waals surface area (Å²) < 4.78 is 64.5. The van der Waals surface area contributed by atoms with E-state index >= 15 is 0 Å². The Morgan fingerprint density at radius 2 is 1.78 bits per heavy atom. The summed E-state index contributed by atoms with van der Waals surface area (Å²) in [6.07, 6.45) is -4.89. The lowest BCUT2D eigenvalue weighted by Gasteiger charge is -2.31. The molecule has 2 aliphatic rings. The van der Waals surface area contributed by atoms with Gasteiger partial charge in [0.25, 0.3) is 0 Å². The quantitative estimate of drug-likeness (QED) is 0.485. The normalized spacial score (nSPS) is 18.8. The molecule has 0 aliphatic carbocycles. The van der Waals surface area contributed by atoms with Gasteiger partial charge in [-0.2, -0.15) is 13.2 Å². The Balaban J connectivity index is 1.50. The lowest BCUT2D eigenvalue weighted by Crippen LogP contribution is -2.31. The minimum atomic E-state index is -4.46. The molecule has 0 fully saturated rings. The summed E-state index contributed by atoms with van der Waals surface area (Å²) in [5, 5.41) is 0.310. The molecular formula is C24H17ClF3N3O4S. The Labute approximate surface area is 209 Å². The van der Waals surface area contributed by atoms with Gasteiger partial charge in [-0.05, 0) is 53.6 Å². The highest BCUT2D eigenvalue weighted by atomic mass is 35.5. The van der Waals surface area contributed by atoms with Gasteiger partial charge in [0.1, 0.15) is 0 Å². The fourth-order valence-corrected chi connectivity index (χ4v) is 5.78. The van der Waals surface area contributed by atoms with E-state index in [9.17, 15) is 26.4 Å². The maximum Gasteiger partial charge on any atom is 0.416 e. The van der Waals surface area contributed by atoms with E-state index in [1.165, 1.54) is 18.2 Å². The molecule has 7 nitrogen and oxygen atoms in total. The van der Waals surface area contributed by atoms with Crippen LogP contribution in [0.15, 0.2) is 70.6 Å². The van der Waals surface area contributed by atoms with Gasteiger partial charge in [0.05, 0.1) is 26.9 Å². The van der Waals surface area contributed by atoms with Crippen LogP contribution in [0.3, 0.4) is 0 Å². The van der Waals surface area contributed by atoms with Gasteiger partial charge >= 0.3 is 6.18 Å². The van der Waals surface area contributed by atoms with E-state index < -0.39 is 27.8 Å². The zero-order valence-corrected chi connectivity index (χ0v) is 19.9. The highest BCUT2D eigenvalue weighted by Gasteiger charge is 2.32.